The van der Waals surface area contributed by atoms with E-state index in [9.17, 15) is 19.8 Å². The summed E-state index contributed by atoms with van der Waals surface area (Å²) < 4.78 is 4.68. The molecule has 0 atom stereocenters. The average molecular weight is 180 g/mol. The first-order chi connectivity index (χ1) is 6.11. The molecule has 1 aromatic heterocycles. The van der Waals surface area contributed by atoms with Gasteiger partial charge in [0.2, 0.25) is 0 Å². The molecule has 0 spiro atoms. The zero-order valence-electron chi connectivity index (χ0n) is 6.35. The van der Waals surface area contributed by atoms with Crippen molar-refractivity contribution < 1.29 is 24.2 Å². The Morgan fingerprint density at radius 3 is 2.46 bits per heavy atom. The van der Waals surface area contributed by atoms with E-state index in [-0.39, 0.29) is 5.76 Å². The highest BCUT2D eigenvalue weighted by Gasteiger charge is 2.04. The quantitative estimate of drug-likeness (QED) is 0.509. The van der Waals surface area contributed by atoms with Crippen LogP contribution in [0.2, 0.25) is 0 Å². The Morgan fingerprint density at radius 2 is 2.08 bits per heavy atom. The van der Waals surface area contributed by atoms with Crippen molar-refractivity contribution in [2.45, 2.75) is 0 Å². The summed E-state index contributed by atoms with van der Waals surface area (Å²) in [4.78, 5) is 20.5. The number of carbonyl (C=O) groups is 2. The van der Waals surface area contributed by atoms with Crippen LogP contribution in [-0.4, -0.2) is 11.9 Å². The number of aliphatic carboxylic acids is 2. The van der Waals surface area contributed by atoms with Crippen molar-refractivity contribution in [3.05, 3.63) is 30.2 Å². The summed E-state index contributed by atoms with van der Waals surface area (Å²) in [5.41, 5.74) is -0.551. The fourth-order valence-corrected chi connectivity index (χ4v) is 0.780. The van der Waals surface area contributed by atoms with Crippen LogP contribution >= 0.6 is 0 Å². The smallest absolute Gasteiger partial charge is 0.135 e. The first-order valence-electron chi connectivity index (χ1n) is 3.29. The van der Waals surface area contributed by atoms with E-state index in [2.05, 4.69) is 4.42 Å². The molecule has 0 aliphatic heterocycles. The van der Waals surface area contributed by atoms with Gasteiger partial charge in [-0.1, -0.05) is 0 Å². The van der Waals surface area contributed by atoms with E-state index < -0.39 is 17.5 Å². The van der Waals surface area contributed by atoms with Crippen LogP contribution in [0.15, 0.2) is 28.9 Å². The number of carbonyl (C=O) groups excluding carboxylic acids is 2. The number of carboxylic acids is 2. The maximum absolute atomic E-state index is 10.4. The van der Waals surface area contributed by atoms with Crippen LogP contribution in [0.4, 0.5) is 0 Å². The predicted molar refractivity (Wildman–Crippen MR) is 36.7 cm³/mol. The Bertz CT molecular complexity index is 347. The van der Waals surface area contributed by atoms with Crippen LogP contribution in [0.3, 0.4) is 0 Å². The molecule has 0 aliphatic carbocycles. The van der Waals surface area contributed by atoms with Crippen molar-refractivity contribution in [3.63, 3.8) is 0 Å². The van der Waals surface area contributed by atoms with Crippen molar-refractivity contribution in [1.82, 2.24) is 0 Å². The zero-order valence-corrected chi connectivity index (χ0v) is 6.35. The van der Waals surface area contributed by atoms with Crippen molar-refractivity contribution in [1.29, 1.82) is 0 Å². The first-order valence-corrected chi connectivity index (χ1v) is 3.29. The second-order valence-corrected chi connectivity index (χ2v) is 2.14. The van der Waals surface area contributed by atoms with Gasteiger partial charge in [-0.2, -0.15) is 0 Å². The molecule has 68 valence electrons. The third kappa shape index (κ3) is 2.19. The predicted octanol–water partition coefficient (Wildman–Crippen LogP) is -1.84. The minimum Gasteiger partial charge on any atom is -0.545 e. The summed E-state index contributed by atoms with van der Waals surface area (Å²) in [6.07, 6.45) is 1.63. The van der Waals surface area contributed by atoms with E-state index in [0.717, 1.165) is 0 Å². The third-order valence-corrected chi connectivity index (χ3v) is 1.27. The topological polar surface area (TPSA) is 93.4 Å². The lowest BCUT2D eigenvalue weighted by Gasteiger charge is -2.05. The van der Waals surface area contributed by atoms with E-state index in [1.807, 2.05) is 0 Å². The van der Waals surface area contributed by atoms with Crippen molar-refractivity contribution in [2.24, 2.45) is 0 Å². The van der Waals surface area contributed by atoms with Gasteiger partial charge >= 0.3 is 0 Å². The lowest BCUT2D eigenvalue weighted by Crippen LogP contribution is -2.26. The van der Waals surface area contributed by atoms with E-state index in [0.29, 0.717) is 6.08 Å². The maximum atomic E-state index is 10.4. The van der Waals surface area contributed by atoms with Crippen LogP contribution in [0, 0.1) is 0 Å². The Hall–Kier alpha value is -2.04. The third-order valence-electron chi connectivity index (χ3n) is 1.27. The minimum absolute atomic E-state index is 0.0794. The molecule has 0 saturated heterocycles. The molecule has 0 unspecified atom stereocenters. The molecule has 0 aliphatic rings. The van der Waals surface area contributed by atoms with Crippen LogP contribution in [0.25, 0.3) is 5.57 Å². The summed E-state index contributed by atoms with van der Waals surface area (Å²) >= 11 is 0. The Labute approximate surface area is 72.9 Å². The summed E-state index contributed by atoms with van der Waals surface area (Å²) in [6.45, 7) is 0. The van der Waals surface area contributed by atoms with Gasteiger partial charge in [0, 0.05) is 5.57 Å². The Balaban J connectivity index is 3.08. The number of rotatable bonds is 3. The molecule has 0 N–H and O–H groups in total. The van der Waals surface area contributed by atoms with Gasteiger partial charge in [0.05, 0.1) is 18.2 Å². The zero-order chi connectivity index (χ0) is 9.84. The number of hydrogen-bond donors (Lipinski definition) is 0. The van der Waals surface area contributed by atoms with Gasteiger partial charge in [0.25, 0.3) is 0 Å². The molecule has 1 rings (SSSR count). The monoisotopic (exact) mass is 180 g/mol. The van der Waals surface area contributed by atoms with Gasteiger partial charge in [-0.25, -0.2) is 0 Å². The van der Waals surface area contributed by atoms with Crippen molar-refractivity contribution in [3.8, 4) is 0 Å². The molecule has 5 heteroatoms. The Morgan fingerprint density at radius 1 is 1.38 bits per heavy atom. The summed E-state index contributed by atoms with van der Waals surface area (Å²) in [5, 5.41) is 20.5. The number of carboxylic acid groups (broad SMARTS) is 2. The molecule has 0 saturated carbocycles. The number of hydrogen-bond acceptors (Lipinski definition) is 5. The highest BCUT2D eigenvalue weighted by atomic mass is 16.4. The maximum Gasteiger partial charge on any atom is 0.135 e. The average Bonchev–Trinajstić information content (AvgIpc) is 2.50. The van der Waals surface area contributed by atoms with Crippen LogP contribution in [-0.2, 0) is 9.59 Å². The molecular weight excluding hydrogens is 176 g/mol. The van der Waals surface area contributed by atoms with E-state index >= 15 is 0 Å². The second kappa shape index (κ2) is 3.57. The summed E-state index contributed by atoms with van der Waals surface area (Å²) in [6, 6.07) is 2.74. The van der Waals surface area contributed by atoms with Crippen LogP contribution in [0.1, 0.15) is 5.76 Å². The lowest BCUT2D eigenvalue weighted by atomic mass is 10.2. The lowest BCUT2D eigenvalue weighted by molar-refractivity contribution is -0.300. The summed E-state index contributed by atoms with van der Waals surface area (Å²) in [5.74, 6) is -3.32. The molecule has 1 heterocycles. The van der Waals surface area contributed by atoms with Gasteiger partial charge < -0.3 is 24.2 Å². The van der Waals surface area contributed by atoms with Gasteiger partial charge in [-0.05, 0) is 18.2 Å². The minimum atomic E-state index is -1.63. The standard InChI is InChI=1S/C8H6O5/c9-7(10)4-5(8(11)12)6-2-1-3-13-6/h1-4H,(H,9,10)(H,11,12)/p-2/b5-4-. The first kappa shape index (κ1) is 9.05. The fourth-order valence-electron chi connectivity index (χ4n) is 0.780. The van der Waals surface area contributed by atoms with E-state index in [1.165, 1.54) is 18.4 Å². The van der Waals surface area contributed by atoms with Crippen LogP contribution in [0.5, 0.6) is 0 Å². The van der Waals surface area contributed by atoms with Crippen molar-refractivity contribution in [2.75, 3.05) is 0 Å². The normalized spacial score (nSPS) is 11.2. The summed E-state index contributed by atoms with van der Waals surface area (Å²) in [7, 11) is 0. The van der Waals surface area contributed by atoms with Gasteiger partial charge in [-0.15, -0.1) is 0 Å². The molecule has 0 aromatic carbocycles. The van der Waals surface area contributed by atoms with Gasteiger partial charge in [-0.3, -0.25) is 0 Å². The fraction of sp³-hybridized carbons (Fsp3) is 0. The second-order valence-electron chi connectivity index (χ2n) is 2.14. The Kier molecular flexibility index (Phi) is 2.49. The van der Waals surface area contributed by atoms with Gasteiger partial charge in [0.15, 0.2) is 0 Å². The molecular formula is C8H4O5-2. The van der Waals surface area contributed by atoms with Crippen LogP contribution < -0.4 is 10.2 Å². The highest BCUT2D eigenvalue weighted by molar-refractivity contribution is 6.17. The number of furan rings is 1. The molecule has 5 nitrogen and oxygen atoms in total. The molecule has 13 heavy (non-hydrogen) atoms. The van der Waals surface area contributed by atoms with Gasteiger partial charge in [0.1, 0.15) is 5.76 Å². The molecule has 0 amide bonds. The molecule has 0 fully saturated rings. The largest absolute Gasteiger partial charge is 0.545 e. The SMILES string of the molecule is O=C([O-])/C=C(\C(=O)[O-])c1ccco1. The molecule has 0 radical (unpaired) electrons. The molecule has 0 bridgehead atoms. The van der Waals surface area contributed by atoms with Crippen molar-refractivity contribution >= 4 is 17.5 Å². The molecule has 1 aromatic rings. The van der Waals surface area contributed by atoms with E-state index in [1.54, 1.807) is 0 Å². The highest BCUT2D eigenvalue weighted by Crippen LogP contribution is 2.13. The van der Waals surface area contributed by atoms with E-state index in [4.69, 9.17) is 0 Å².